The molecule has 5 heteroatoms. The van der Waals surface area contributed by atoms with Crippen molar-refractivity contribution in [1.29, 1.82) is 0 Å². The first kappa shape index (κ1) is 15.5. The third-order valence-corrected chi connectivity index (χ3v) is 3.64. The van der Waals surface area contributed by atoms with Crippen molar-refractivity contribution >= 4 is 11.9 Å². The molecule has 1 aliphatic carbocycles. The average Bonchev–Trinajstić information content (AvgIpc) is 3.27. The first-order valence-corrected chi connectivity index (χ1v) is 7.32. The van der Waals surface area contributed by atoms with E-state index in [-0.39, 0.29) is 24.2 Å². The van der Waals surface area contributed by atoms with Crippen LogP contribution in [0.5, 0.6) is 0 Å². The molecule has 1 saturated carbocycles. The lowest BCUT2D eigenvalue weighted by atomic mass is 10.1. The van der Waals surface area contributed by atoms with Gasteiger partial charge in [-0.15, -0.1) is 0 Å². The highest BCUT2D eigenvalue weighted by atomic mass is 19.1. The molecule has 0 radical (unpaired) electrons. The van der Waals surface area contributed by atoms with E-state index >= 15 is 0 Å². The van der Waals surface area contributed by atoms with Crippen LogP contribution in [0.25, 0.3) is 0 Å². The zero-order valence-electron chi connectivity index (χ0n) is 11.9. The van der Waals surface area contributed by atoms with Crippen molar-refractivity contribution in [3.05, 3.63) is 35.6 Å². The second kappa shape index (κ2) is 7.20. The van der Waals surface area contributed by atoms with E-state index < -0.39 is 5.97 Å². The highest BCUT2D eigenvalue weighted by Gasteiger charge is 2.32. The van der Waals surface area contributed by atoms with Gasteiger partial charge in [0.15, 0.2) is 0 Å². The fourth-order valence-electron chi connectivity index (χ4n) is 2.31. The summed E-state index contributed by atoms with van der Waals surface area (Å²) in [5.74, 6) is -1.14. The summed E-state index contributed by atoms with van der Waals surface area (Å²) in [5.41, 5.74) is 0.531. The van der Waals surface area contributed by atoms with E-state index in [9.17, 15) is 14.0 Å². The van der Waals surface area contributed by atoms with Gasteiger partial charge in [0.25, 0.3) is 0 Å². The zero-order valence-corrected chi connectivity index (χ0v) is 11.9. The quantitative estimate of drug-likeness (QED) is 0.750. The molecular weight excluding hydrogens is 273 g/mol. The van der Waals surface area contributed by atoms with Crippen LogP contribution in [0.4, 0.5) is 4.39 Å². The molecule has 0 saturated heterocycles. The molecule has 0 aliphatic heterocycles. The summed E-state index contributed by atoms with van der Waals surface area (Å²) in [6, 6.07) is 6.71. The Hall–Kier alpha value is -1.91. The maximum Gasteiger partial charge on any atom is 0.303 e. The van der Waals surface area contributed by atoms with Gasteiger partial charge >= 0.3 is 5.97 Å². The number of nitrogens with zero attached hydrogens (tertiary/aromatic N) is 1. The van der Waals surface area contributed by atoms with Gasteiger partial charge in [-0.25, -0.2) is 4.39 Å². The molecule has 1 fully saturated rings. The molecule has 1 aromatic rings. The van der Waals surface area contributed by atoms with Gasteiger partial charge in [0.2, 0.25) is 5.91 Å². The highest BCUT2D eigenvalue weighted by molar-refractivity contribution is 5.77. The van der Waals surface area contributed by atoms with Crippen molar-refractivity contribution in [2.24, 2.45) is 0 Å². The lowest BCUT2D eigenvalue weighted by Crippen LogP contribution is -2.32. The number of amides is 1. The highest BCUT2D eigenvalue weighted by Crippen LogP contribution is 2.29. The number of carboxylic acids is 1. The van der Waals surface area contributed by atoms with Gasteiger partial charge in [-0.1, -0.05) is 18.2 Å². The molecule has 1 amide bonds. The Morgan fingerprint density at radius 1 is 1.19 bits per heavy atom. The average molecular weight is 293 g/mol. The van der Waals surface area contributed by atoms with Crippen LogP contribution in [-0.2, 0) is 16.1 Å². The number of aliphatic carboxylic acids is 1. The Morgan fingerprint density at radius 3 is 2.48 bits per heavy atom. The third kappa shape index (κ3) is 4.85. The summed E-state index contributed by atoms with van der Waals surface area (Å²) in [7, 11) is 0. The predicted molar refractivity (Wildman–Crippen MR) is 76.1 cm³/mol. The fourth-order valence-corrected chi connectivity index (χ4v) is 2.31. The zero-order chi connectivity index (χ0) is 15.2. The first-order chi connectivity index (χ1) is 10.1. The van der Waals surface area contributed by atoms with Gasteiger partial charge in [0, 0.05) is 31.0 Å². The van der Waals surface area contributed by atoms with Crippen LogP contribution in [-0.4, -0.2) is 27.9 Å². The van der Waals surface area contributed by atoms with E-state index in [1.165, 1.54) is 6.07 Å². The van der Waals surface area contributed by atoms with Crippen LogP contribution >= 0.6 is 0 Å². The first-order valence-electron chi connectivity index (χ1n) is 7.32. The van der Waals surface area contributed by atoms with Crippen LogP contribution in [0.3, 0.4) is 0 Å². The third-order valence-electron chi connectivity index (χ3n) is 3.64. The molecule has 0 unspecified atom stereocenters. The van der Waals surface area contributed by atoms with Crippen LogP contribution < -0.4 is 0 Å². The summed E-state index contributed by atoms with van der Waals surface area (Å²) in [5, 5.41) is 8.57. The molecule has 0 aromatic heterocycles. The fraction of sp³-hybridized carbons (Fsp3) is 0.500. The SMILES string of the molecule is O=C(O)CCCCC(=O)N(Cc1ccccc1F)C1CC1. The minimum Gasteiger partial charge on any atom is -0.481 e. The molecule has 1 aliphatic rings. The molecule has 21 heavy (non-hydrogen) atoms. The van der Waals surface area contributed by atoms with Crippen molar-refractivity contribution < 1.29 is 19.1 Å². The summed E-state index contributed by atoms with van der Waals surface area (Å²) >= 11 is 0. The molecule has 0 atom stereocenters. The van der Waals surface area contributed by atoms with Crippen molar-refractivity contribution in [2.75, 3.05) is 0 Å². The van der Waals surface area contributed by atoms with Crippen molar-refractivity contribution in [1.82, 2.24) is 4.90 Å². The number of rotatable bonds is 8. The molecule has 4 nitrogen and oxygen atoms in total. The number of carbonyl (C=O) groups excluding carboxylic acids is 1. The molecular formula is C16H20FNO3. The standard InChI is InChI=1S/C16H20FNO3/c17-14-6-2-1-5-12(14)11-18(13-9-10-13)15(19)7-3-4-8-16(20)21/h1-2,5-6,13H,3-4,7-11H2,(H,20,21). The number of hydrogen-bond acceptors (Lipinski definition) is 2. The van der Waals surface area contributed by atoms with Gasteiger partial charge in [-0.2, -0.15) is 0 Å². The van der Waals surface area contributed by atoms with E-state index in [1.807, 2.05) is 0 Å². The number of hydrogen-bond donors (Lipinski definition) is 1. The molecule has 114 valence electrons. The summed E-state index contributed by atoms with van der Waals surface area (Å²) in [6.07, 6.45) is 3.41. The molecule has 1 N–H and O–H groups in total. The number of unbranched alkanes of at least 4 members (excludes halogenated alkanes) is 1. The maximum atomic E-state index is 13.7. The smallest absolute Gasteiger partial charge is 0.303 e. The van der Waals surface area contributed by atoms with Crippen LogP contribution in [0.1, 0.15) is 44.1 Å². The number of benzene rings is 1. The van der Waals surface area contributed by atoms with Crippen molar-refractivity contribution in [3.63, 3.8) is 0 Å². The predicted octanol–water partition coefficient (Wildman–Crippen LogP) is 2.96. The lowest BCUT2D eigenvalue weighted by molar-refractivity contribution is -0.137. The molecule has 2 rings (SSSR count). The minimum atomic E-state index is -0.840. The van der Waals surface area contributed by atoms with E-state index in [2.05, 4.69) is 0 Å². The minimum absolute atomic E-state index is 0.00820. The van der Waals surface area contributed by atoms with Crippen molar-refractivity contribution in [3.8, 4) is 0 Å². The Kier molecular flexibility index (Phi) is 5.31. The lowest BCUT2D eigenvalue weighted by Gasteiger charge is -2.23. The van der Waals surface area contributed by atoms with Gasteiger partial charge in [-0.3, -0.25) is 9.59 Å². The molecule has 1 aromatic carbocycles. The van der Waals surface area contributed by atoms with Crippen LogP contribution in [0, 0.1) is 5.82 Å². The Morgan fingerprint density at radius 2 is 1.86 bits per heavy atom. The molecule has 0 heterocycles. The van der Waals surface area contributed by atoms with E-state index in [0.29, 0.717) is 31.4 Å². The summed E-state index contributed by atoms with van der Waals surface area (Å²) < 4.78 is 13.7. The van der Waals surface area contributed by atoms with Gasteiger partial charge < -0.3 is 10.0 Å². The maximum absolute atomic E-state index is 13.7. The topological polar surface area (TPSA) is 57.6 Å². The molecule has 0 spiro atoms. The Balaban J connectivity index is 1.88. The summed E-state index contributed by atoms with van der Waals surface area (Å²) in [6.45, 7) is 0.301. The summed E-state index contributed by atoms with van der Waals surface area (Å²) in [4.78, 5) is 24.4. The van der Waals surface area contributed by atoms with Crippen LogP contribution in [0.2, 0.25) is 0 Å². The van der Waals surface area contributed by atoms with Crippen LogP contribution in [0.15, 0.2) is 24.3 Å². The second-order valence-electron chi connectivity index (χ2n) is 5.45. The van der Waals surface area contributed by atoms with Gasteiger partial charge in [-0.05, 0) is 31.7 Å². The monoisotopic (exact) mass is 293 g/mol. The van der Waals surface area contributed by atoms with Gasteiger partial charge in [0.1, 0.15) is 5.82 Å². The normalized spacial score (nSPS) is 14.0. The largest absolute Gasteiger partial charge is 0.481 e. The Bertz CT molecular complexity index is 514. The second-order valence-corrected chi connectivity index (χ2v) is 5.45. The van der Waals surface area contributed by atoms with Gasteiger partial charge in [0.05, 0.1) is 0 Å². The van der Waals surface area contributed by atoms with E-state index in [0.717, 1.165) is 12.8 Å². The number of carbonyl (C=O) groups is 2. The van der Waals surface area contributed by atoms with E-state index in [4.69, 9.17) is 5.11 Å². The van der Waals surface area contributed by atoms with E-state index in [1.54, 1.807) is 23.1 Å². The Labute approximate surface area is 123 Å². The number of carboxylic acid groups (broad SMARTS) is 1. The molecule has 0 bridgehead atoms. The van der Waals surface area contributed by atoms with Crippen molar-refractivity contribution in [2.45, 2.75) is 51.1 Å². The number of halogens is 1.